The van der Waals surface area contributed by atoms with Crippen LogP contribution < -0.4 is 11.2 Å². The van der Waals surface area contributed by atoms with Crippen molar-refractivity contribution in [2.24, 2.45) is 0 Å². The highest BCUT2D eigenvalue weighted by Crippen LogP contribution is 2.20. The highest BCUT2D eigenvalue weighted by Gasteiger charge is 2.24. The van der Waals surface area contributed by atoms with Gasteiger partial charge in [0.15, 0.2) is 0 Å². The Hall–Kier alpha value is -3.01. The maximum Gasteiger partial charge on any atom is 0.328 e. The standard InChI is InChI=1S/C18H18FN3O3/c1-4-22-15(14(10(2)3)17(24)21-18(22)25)16(23)13-6-11(8-19)5-12(7-13)9-20/h5-7,10H,4,8H2,1-3H3,(H,21,24,25). The van der Waals surface area contributed by atoms with Crippen LogP contribution in [0.15, 0.2) is 27.8 Å². The molecule has 0 amide bonds. The minimum Gasteiger partial charge on any atom is -0.290 e. The first-order valence-electron chi connectivity index (χ1n) is 7.85. The molecule has 6 nitrogen and oxygen atoms in total. The van der Waals surface area contributed by atoms with Crippen LogP contribution in [0.5, 0.6) is 0 Å². The van der Waals surface area contributed by atoms with Crippen molar-refractivity contribution in [3.63, 3.8) is 0 Å². The first-order valence-corrected chi connectivity index (χ1v) is 7.85. The third-order valence-electron chi connectivity index (χ3n) is 3.88. The quantitative estimate of drug-likeness (QED) is 0.842. The molecule has 2 aromatic rings. The van der Waals surface area contributed by atoms with E-state index in [9.17, 15) is 18.8 Å². The summed E-state index contributed by atoms with van der Waals surface area (Å²) in [4.78, 5) is 39.6. The van der Waals surface area contributed by atoms with Crippen molar-refractivity contribution in [2.75, 3.05) is 0 Å². The smallest absolute Gasteiger partial charge is 0.290 e. The highest BCUT2D eigenvalue weighted by molar-refractivity contribution is 6.09. The molecule has 0 bridgehead atoms. The molecule has 1 N–H and O–H groups in total. The molecule has 0 aliphatic heterocycles. The number of hydrogen-bond donors (Lipinski definition) is 1. The lowest BCUT2D eigenvalue weighted by atomic mass is 9.95. The zero-order chi connectivity index (χ0) is 18.7. The van der Waals surface area contributed by atoms with Crippen LogP contribution in [0.2, 0.25) is 0 Å². The fourth-order valence-electron chi connectivity index (χ4n) is 2.77. The van der Waals surface area contributed by atoms with E-state index < -0.39 is 23.7 Å². The monoisotopic (exact) mass is 343 g/mol. The third-order valence-corrected chi connectivity index (χ3v) is 3.88. The molecule has 0 unspecified atom stereocenters. The SMILES string of the molecule is CCn1c(C(=O)c2cc(C#N)cc(CF)c2)c(C(C)C)c(=O)[nH]c1=O. The second kappa shape index (κ2) is 7.26. The van der Waals surface area contributed by atoms with Gasteiger partial charge in [-0.1, -0.05) is 13.8 Å². The van der Waals surface area contributed by atoms with Gasteiger partial charge in [0.2, 0.25) is 5.78 Å². The molecular formula is C18H18FN3O3. The van der Waals surface area contributed by atoms with Gasteiger partial charge in [-0.25, -0.2) is 9.18 Å². The van der Waals surface area contributed by atoms with Crippen LogP contribution in [0.4, 0.5) is 4.39 Å². The molecule has 0 fully saturated rings. The molecule has 0 saturated carbocycles. The molecule has 0 aliphatic carbocycles. The van der Waals surface area contributed by atoms with E-state index in [0.29, 0.717) is 0 Å². The maximum absolute atomic E-state index is 13.0. The lowest BCUT2D eigenvalue weighted by Gasteiger charge is -2.16. The summed E-state index contributed by atoms with van der Waals surface area (Å²) in [5.74, 6) is -0.888. The Bertz CT molecular complexity index is 981. The van der Waals surface area contributed by atoms with Crippen molar-refractivity contribution in [1.29, 1.82) is 5.26 Å². The molecule has 0 radical (unpaired) electrons. The number of ketones is 1. The van der Waals surface area contributed by atoms with Crippen LogP contribution in [-0.2, 0) is 13.2 Å². The fraction of sp³-hybridized carbons (Fsp3) is 0.333. The van der Waals surface area contributed by atoms with E-state index in [-0.39, 0.29) is 40.4 Å². The number of benzene rings is 1. The molecule has 7 heteroatoms. The average molecular weight is 343 g/mol. The lowest BCUT2D eigenvalue weighted by Crippen LogP contribution is -2.37. The predicted molar refractivity (Wildman–Crippen MR) is 90.5 cm³/mol. The van der Waals surface area contributed by atoms with Crippen molar-refractivity contribution < 1.29 is 9.18 Å². The van der Waals surface area contributed by atoms with Crippen molar-refractivity contribution >= 4 is 5.78 Å². The van der Waals surface area contributed by atoms with E-state index in [2.05, 4.69) is 4.98 Å². The van der Waals surface area contributed by atoms with Gasteiger partial charge in [-0.3, -0.25) is 19.1 Å². The summed E-state index contributed by atoms with van der Waals surface area (Å²) in [7, 11) is 0. The number of H-pyrrole nitrogens is 1. The van der Waals surface area contributed by atoms with Crippen LogP contribution in [0.3, 0.4) is 0 Å². The summed E-state index contributed by atoms with van der Waals surface area (Å²) in [5.41, 5.74) is -0.733. The lowest BCUT2D eigenvalue weighted by molar-refractivity contribution is 0.102. The Balaban J connectivity index is 2.82. The van der Waals surface area contributed by atoms with Gasteiger partial charge in [-0.05, 0) is 36.6 Å². The molecule has 0 saturated heterocycles. The number of nitrogens with zero attached hydrogens (tertiary/aromatic N) is 2. The number of nitriles is 1. The van der Waals surface area contributed by atoms with Gasteiger partial charge in [-0.2, -0.15) is 5.26 Å². The minimum atomic E-state index is -0.831. The molecule has 0 aliphatic rings. The molecule has 0 atom stereocenters. The van der Waals surface area contributed by atoms with Gasteiger partial charge in [-0.15, -0.1) is 0 Å². The number of hydrogen-bond acceptors (Lipinski definition) is 4. The van der Waals surface area contributed by atoms with E-state index in [0.717, 1.165) is 0 Å². The summed E-state index contributed by atoms with van der Waals surface area (Å²) in [5, 5.41) is 9.07. The molecule has 25 heavy (non-hydrogen) atoms. The number of aromatic amines is 1. The number of carbonyl (C=O) groups is 1. The first-order chi connectivity index (χ1) is 11.8. The van der Waals surface area contributed by atoms with Crippen LogP contribution in [0, 0.1) is 11.3 Å². The Morgan fingerprint density at radius 2 is 2.00 bits per heavy atom. The summed E-state index contributed by atoms with van der Waals surface area (Å²) in [6.07, 6.45) is 0. The van der Waals surface area contributed by atoms with Gasteiger partial charge in [0.1, 0.15) is 12.4 Å². The van der Waals surface area contributed by atoms with Crippen molar-refractivity contribution in [3.8, 4) is 6.07 Å². The number of halogens is 1. The Labute approximate surface area is 143 Å². The van der Waals surface area contributed by atoms with E-state index in [1.54, 1.807) is 20.8 Å². The van der Waals surface area contributed by atoms with Crippen LogP contribution in [0.1, 0.15) is 59.4 Å². The van der Waals surface area contributed by atoms with Crippen molar-refractivity contribution in [2.45, 2.75) is 39.9 Å². The molecule has 1 aromatic heterocycles. The minimum absolute atomic E-state index is 0.0221. The van der Waals surface area contributed by atoms with E-state index in [4.69, 9.17) is 5.26 Å². The Morgan fingerprint density at radius 1 is 1.32 bits per heavy atom. The van der Waals surface area contributed by atoms with Crippen molar-refractivity contribution in [3.05, 3.63) is 67.0 Å². The number of alkyl halides is 1. The number of nitrogens with one attached hydrogen (secondary N) is 1. The number of rotatable bonds is 5. The van der Waals surface area contributed by atoms with Gasteiger partial charge >= 0.3 is 5.69 Å². The summed E-state index contributed by atoms with van der Waals surface area (Å²) in [6, 6.07) is 5.90. The van der Waals surface area contributed by atoms with E-state index in [1.165, 1.54) is 22.8 Å². The maximum atomic E-state index is 13.0. The normalized spacial score (nSPS) is 10.7. The molecule has 1 aromatic carbocycles. The fourth-order valence-corrected chi connectivity index (χ4v) is 2.77. The van der Waals surface area contributed by atoms with Gasteiger partial charge in [0, 0.05) is 17.7 Å². The highest BCUT2D eigenvalue weighted by atomic mass is 19.1. The van der Waals surface area contributed by atoms with E-state index >= 15 is 0 Å². The zero-order valence-corrected chi connectivity index (χ0v) is 14.2. The second-order valence-electron chi connectivity index (χ2n) is 5.91. The van der Waals surface area contributed by atoms with Crippen LogP contribution in [0.25, 0.3) is 0 Å². The first kappa shape index (κ1) is 18.3. The molecule has 1 heterocycles. The van der Waals surface area contributed by atoms with Crippen molar-refractivity contribution in [1.82, 2.24) is 9.55 Å². The Morgan fingerprint density at radius 3 is 2.52 bits per heavy atom. The van der Waals surface area contributed by atoms with Gasteiger partial charge in [0.25, 0.3) is 5.56 Å². The van der Waals surface area contributed by atoms with Gasteiger partial charge in [0.05, 0.1) is 11.6 Å². The van der Waals surface area contributed by atoms with Gasteiger partial charge < -0.3 is 0 Å². The predicted octanol–water partition coefficient (Wildman–Crippen LogP) is 2.25. The number of carbonyl (C=O) groups excluding carboxylic acids is 1. The summed E-state index contributed by atoms with van der Waals surface area (Å²) in [6.45, 7) is 4.52. The van der Waals surface area contributed by atoms with Crippen LogP contribution in [-0.4, -0.2) is 15.3 Å². The van der Waals surface area contributed by atoms with E-state index in [1.807, 2.05) is 6.07 Å². The van der Waals surface area contributed by atoms with Crippen LogP contribution >= 0.6 is 0 Å². The third kappa shape index (κ3) is 3.43. The Kier molecular flexibility index (Phi) is 5.32. The molecule has 130 valence electrons. The topological polar surface area (TPSA) is 95.7 Å². The summed E-state index contributed by atoms with van der Waals surface area (Å²) >= 11 is 0. The molecular weight excluding hydrogens is 325 g/mol. The second-order valence-corrected chi connectivity index (χ2v) is 5.91. The molecule has 2 rings (SSSR count). The summed E-state index contributed by atoms with van der Waals surface area (Å²) < 4.78 is 14.2. The molecule has 0 spiro atoms. The zero-order valence-electron chi connectivity index (χ0n) is 14.2. The largest absolute Gasteiger partial charge is 0.328 e. The average Bonchev–Trinajstić information content (AvgIpc) is 2.59. The number of aromatic nitrogens is 2.